The third-order valence-corrected chi connectivity index (χ3v) is 9.09. The lowest BCUT2D eigenvalue weighted by Crippen LogP contribution is -2.56. The molecule has 140 valence electrons. The van der Waals surface area contributed by atoms with Crippen LogP contribution in [0.5, 0.6) is 0 Å². The van der Waals surface area contributed by atoms with Crippen LogP contribution in [0.4, 0.5) is 0 Å². The number of esters is 1. The fraction of sp³-hybridized carbons (Fsp3) is 0.909. The summed E-state index contributed by atoms with van der Waals surface area (Å²) in [6.07, 6.45) is 12.6. The van der Waals surface area contributed by atoms with Crippen molar-refractivity contribution < 1.29 is 14.3 Å². The maximum atomic E-state index is 11.9. The minimum absolute atomic E-state index is 0.110. The lowest BCUT2D eigenvalue weighted by Gasteiger charge is -2.63. The smallest absolute Gasteiger partial charge is 0.302 e. The van der Waals surface area contributed by atoms with Gasteiger partial charge in [-0.15, -0.1) is 0 Å². The summed E-state index contributed by atoms with van der Waals surface area (Å²) in [7, 11) is 0. The Bertz CT molecular complexity index is 572. The SMILES string of the molecule is CC(=O)OC[C@@H]1C[C@@]23CC[C@@H]4[C@@](C)(CCC[C@@]4(C)C=O)[C@@H]2CC[C@@H]1C3. The van der Waals surface area contributed by atoms with E-state index < -0.39 is 0 Å². The van der Waals surface area contributed by atoms with Crippen LogP contribution in [0.25, 0.3) is 0 Å². The van der Waals surface area contributed by atoms with Gasteiger partial charge in [-0.05, 0) is 85.9 Å². The molecule has 3 nitrogen and oxygen atoms in total. The number of fused-ring (bicyclic) bond motifs is 3. The Balaban J connectivity index is 1.60. The molecule has 0 amide bonds. The van der Waals surface area contributed by atoms with E-state index in [4.69, 9.17) is 4.74 Å². The van der Waals surface area contributed by atoms with E-state index in [0.717, 1.165) is 18.3 Å². The van der Waals surface area contributed by atoms with Crippen molar-refractivity contribution in [3.05, 3.63) is 0 Å². The van der Waals surface area contributed by atoms with Crippen LogP contribution in [0.3, 0.4) is 0 Å². The number of ether oxygens (including phenoxy) is 1. The highest BCUT2D eigenvalue weighted by Crippen LogP contribution is 2.72. The van der Waals surface area contributed by atoms with Crippen molar-refractivity contribution in [1.82, 2.24) is 0 Å². The second-order valence-electron chi connectivity index (χ2n) is 10.3. The van der Waals surface area contributed by atoms with Crippen LogP contribution in [-0.2, 0) is 14.3 Å². The highest BCUT2D eigenvalue weighted by molar-refractivity contribution is 5.65. The molecule has 0 aromatic carbocycles. The fourth-order valence-corrected chi connectivity index (χ4v) is 8.20. The second-order valence-corrected chi connectivity index (χ2v) is 10.3. The van der Waals surface area contributed by atoms with Crippen molar-refractivity contribution in [1.29, 1.82) is 0 Å². The molecule has 25 heavy (non-hydrogen) atoms. The molecule has 2 bridgehead atoms. The molecule has 7 atom stereocenters. The number of aldehydes is 1. The zero-order valence-electron chi connectivity index (χ0n) is 16.2. The number of rotatable bonds is 3. The van der Waals surface area contributed by atoms with Crippen molar-refractivity contribution in [2.24, 2.45) is 39.9 Å². The normalized spacial score (nSPS) is 51.3. The van der Waals surface area contributed by atoms with Crippen molar-refractivity contribution in [2.45, 2.75) is 78.6 Å². The molecule has 0 aliphatic heterocycles. The highest BCUT2D eigenvalue weighted by atomic mass is 16.5. The number of carbonyl (C=O) groups is 2. The summed E-state index contributed by atoms with van der Waals surface area (Å²) < 4.78 is 5.41. The lowest BCUT2D eigenvalue weighted by atomic mass is 9.41. The molecule has 0 radical (unpaired) electrons. The standard InChI is InChI=1S/C22H34O3/c1-15(24)25-13-17-12-22-10-7-18-20(2,14-23)8-4-9-21(18,3)19(22)6-5-16(17)11-22/h14,16-19H,4-13H2,1-3H3/t16-,17+,18+,19+,20+,21-,22+/m1/s1. The summed E-state index contributed by atoms with van der Waals surface area (Å²) >= 11 is 0. The van der Waals surface area contributed by atoms with Gasteiger partial charge in [0.25, 0.3) is 0 Å². The maximum Gasteiger partial charge on any atom is 0.302 e. The van der Waals surface area contributed by atoms with Gasteiger partial charge in [-0.25, -0.2) is 0 Å². The van der Waals surface area contributed by atoms with E-state index in [9.17, 15) is 9.59 Å². The largest absolute Gasteiger partial charge is 0.466 e. The minimum Gasteiger partial charge on any atom is -0.466 e. The quantitative estimate of drug-likeness (QED) is 0.546. The Morgan fingerprint density at radius 1 is 1.08 bits per heavy atom. The number of hydrogen-bond donors (Lipinski definition) is 0. The van der Waals surface area contributed by atoms with Crippen LogP contribution in [-0.4, -0.2) is 18.9 Å². The van der Waals surface area contributed by atoms with Gasteiger partial charge in [-0.2, -0.15) is 0 Å². The summed E-state index contributed by atoms with van der Waals surface area (Å²) in [6, 6.07) is 0. The zero-order valence-corrected chi connectivity index (χ0v) is 16.2. The van der Waals surface area contributed by atoms with Crippen LogP contribution in [0.2, 0.25) is 0 Å². The molecule has 0 heterocycles. The first kappa shape index (κ1) is 17.5. The molecule has 0 aromatic rings. The molecule has 1 spiro atoms. The van der Waals surface area contributed by atoms with Crippen LogP contribution in [0.1, 0.15) is 78.6 Å². The molecular weight excluding hydrogens is 312 g/mol. The van der Waals surface area contributed by atoms with Crippen LogP contribution in [0, 0.1) is 39.9 Å². The number of hydrogen-bond acceptors (Lipinski definition) is 3. The molecule has 0 saturated heterocycles. The van der Waals surface area contributed by atoms with Gasteiger partial charge in [0.2, 0.25) is 0 Å². The van der Waals surface area contributed by atoms with Gasteiger partial charge in [-0.3, -0.25) is 4.79 Å². The summed E-state index contributed by atoms with van der Waals surface area (Å²) in [5.74, 6) is 2.50. The van der Waals surface area contributed by atoms with Gasteiger partial charge >= 0.3 is 5.97 Å². The average Bonchev–Trinajstić information content (AvgIpc) is 2.83. The van der Waals surface area contributed by atoms with Crippen molar-refractivity contribution >= 4 is 12.3 Å². The summed E-state index contributed by atoms with van der Waals surface area (Å²) in [6.45, 7) is 6.89. The molecule has 3 heteroatoms. The lowest BCUT2D eigenvalue weighted by molar-refractivity contribution is -0.157. The Kier molecular flexibility index (Phi) is 4.09. The summed E-state index contributed by atoms with van der Waals surface area (Å²) in [5.41, 5.74) is 0.675. The van der Waals surface area contributed by atoms with E-state index in [2.05, 4.69) is 13.8 Å². The predicted octanol–water partition coefficient (Wildman–Crippen LogP) is 4.78. The Hall–Kier alpha value is -0.860. The number of carbonyl (C=O) groups excluding carboxylic acids is 2. The average molecular weight is 347 g/mol. The zero-order chi connectivity index (χ0) is 17.9. The third-order valence-electron chi connectivity index (χ3n) is 9.09. The van der Waals surface area contributed by atoms with Gasteiger partial charge in [0.15, 0.2) is 0 Å². The van der Waals surface area contributed by atoms with Crippen LogP contribution >= 0.6 is 0 Å². The van der Waals surface area contributed by atoms with Gasteiger partial charge in [0, 0.05) is 12.3 Å². The Morgan fingerprint density at radius 2 is 1.88 bits per heavy atom. The molecule has 0 unspecified atom stereocenters. The Morgan fingerprint density at radius 3 is 2.60 bits per heavy atom. The predicted molar refractivity (Wildman–Crippen MR) is 96.9 cm³/mol. The van der Waals surface area contributed by atoms with Crippen LogP contribution in [0.15, 0.2) is 0 Å². The molecular formula is C22H34O3. The van der Waals surface area contributed by atoms with Crippen molar-refractivity contribution in [3.63, 3.8) is 0 Å². The van der Waals surface area contributed by atoms with E-state index >= 15 is 0 Å². The minimum atomic E-state index is -0.139. The third kappa shape index (κ3) is 2.51. The maximum absolute atomic E-state index is 11.9. The fourth-order valence-electron chi connectivity index (χ4n) is 8.20. The molecule has 4 rings (SSSR count). The van der Waals surface area contributed by atoms with E-state index in [1.165, 1.54) is 64.6 Å². The monoisotopic (exact) mass is 346 g/mol. The van der Waals surface area contributed by atoms with Gasteiger partial charge in [-0.1, -0.05) is 20.3 Å². The first-order chi connectivity index (χ1) is 11.8. The summed E-state index contributed by atoms with van der Waals surface area (Å²) in [5, 5.41) is 0. The summed E-state index contributed by atoms with van der Waals surface area (Å²) in [4.78, 5) is 23.2. The Labute approximate surface area is 152 Å². The van der Waals surface area contributed by atoms with Crippen LogP contribution < -0.4 is 0 Å². The van der Waals surface area contributed by atoms with Crippen molar-refractivity contribution in [3.8, 4) is 0 Å². The van der Waals surface area contributed by atoms with Crippen molar-refractivity contribution in [2.75, 3.05) is 6.61 Å². The van der Waals surface area contributed by atoms with E-state index in [-0.39, 0.29) is 11.4 Å². The van der Waals surface area contributed by atoms with E-state index in [0.29, 0.717) is 29.3 Å². The topological polar surface area (TPSA) is 43.4 Å². The highest BCUT2D eigenvalue weighted by Gasteiger charge is 2.64. The molecule has 4 saturated carbocycles. The molecule has 4 aliphatic carbocycles. The van der Waals surface area contributed by atoms with Gasteiger partial charge in [0.1, 0.15) is 6.29 Å². The van der Waals surface area contributed by atoms with E-state index in [1.54, 1.807) is 0 Å². The van der Waals surface area contributed by atoms with E-state index in [1.807, 2.05) is 0 Å². The second kappa shape index (κ2) is 5.82. The molecule has 0 N–H and O–H groups in total. The van der Waals surface area contributed by atoms with Gasteiger partial charge in [0.05, 0.1) is 6.61 Å². The molecule has 0 aromatic heterocycles. The molecule has 4 aliphatic rings. The van der Waals surface area contributed by atoms with Gasteiger partial charge < -0.3 is 9.53 Å². The first-order valence-corrected chi connectivity index (χ1v) is 10.4. The first-order valence-electron chi connectivity index (χ1n) is 10.4. The molecule has 4 fully saturated rings.